The number of nitrogens with zero attached hydrogens (tertiary/aromatic N) is 2. The smallest absolute Gasteiger partial charge is 0.213 e. The molecule has 1 aromatic rings. The van der Waals surface area contributed by atoms with Crippen LogP contribution in [0.25, 0.3) is 0 Å². The Hall–Kier alpha value is -1.37. The molecule has 6 heteroatoms. The van der Waals surface area contributed by atoms with Crippen LogP contribution in [0.5, 0.6) is 5.88 Å². The van der Waals surface area contributed by atoms with Crippen molar-refractivity contribution in [1.29, 1.82) is 0 Å². The van der Waals surface area contributed by atoms with E-state index in [0.29, 0.717) is 25.6 Å². The van der Waals surface area contributed by atoms with Crippen molar-refractivity contribution >= 4 is 5.69 Å². The van der Waals surface area contributed by atoms with Crippen molar-refractivity contribution in [1.82, 2.24) is 9.88 Å². The Morgan fingerprint density at radius 3 is 2.90 bits per heavy atom. The minimum atomic E-state index is -0.403. The van der Waals surface area contributed by atoms with Crippen LogP contribution in [0.3, 0.4) is 0 Å². The molecule has 0 radical (unpaired) electrons. The summed E-state index contributed by atoms with van der Waals surface area (Å²) in [5, 5.41) is 13.2. The van der Waals surface area contributed by atoms with Crippen LogP contribution in [-0.2, 0) is 4.74 Å². The molecule has 6 nitrogen and oxygen atoms in total. The van der Waals surface area contributed by atoms with Gasteiger partial charge in [-0.1, -0.05) is 0 Å². The summed E-state index contributed by atoms with van der Waals surface area (Å²) in [5.41, 5.74) is 0.884. The zero-order valence-corrected chi connectivity index (χ0v) is 11.9. The molecule has 1 saturated heterocycles. The number of aliphatic hydroxyl groups is 1. The molecule has 1 aromatic heterocycles. The number of morpholine rings is 1. The predicted molar refractivity (Wildman–Crippen MR) is 77.2 cm³/mol. The van der Waals surface area contributed by atoms with Crippen molar-refractivity contribution < 1.29 is 14.6 Å². The van der Waals surface area contributed by atoms with Gasteiger partial charge in [-0.3, -0.25) is 4.90 Å². The third-order valence-electron chi connectivity index (χ3n) is 3.14. The summed E-state index contributed by atoms with van der Waals surface area (Å²) < 4.78 is 10.6. The van der Waals surface area contributed by atoms with E-state index in [-0.39, 0.29) is 0 Å². The van der Waals surface area contributed by atoms with E-state index in [1.165, 1.54) is 0 Å². The number of hydrogen-bond acceptors (Lipinski definition) is 6. The summed E-state index contributed by atoms with van der Waals surface area (Å²) in [6, 6.07) is 3.72. The Kier molecular flexibility index (Phi) is 6.04. The average Bonchev–Trinajstić information content (AvgIpc) is 2.48. The zero-order chi connectivity index (χ0) is 14.2. The number of hydrogen-bond donors (Lipinski definition) is 2. The van der Waals surface area contributed by atoms with Crippen LogP contribution >= 0.6 is 0 Å². The Bertz CT molecular complexity index is 380. The van der Waals surface area contributed by atoms with Crippen molar-refractivity contribution in [3.8, 4) is 5.88 Å². The molecular formula is C14H23N3O3. The molecule has 0 aromatic carbocycles. The van der Waals surface area contributed by atoms with Crippen LogP contribution in [0.4, 0.5) is 5.69 Å². The summed E-state index contributed by atoms with van der Waals surface area (Å²) in [5.74, 6) is 0.618. The lowest BCUT2D eigenvalue weighted by molar-refractivity contribution is 0.0171. The summed E-state index contributed by atoms with van der Waals surface area (Å²) in [6.45, 7) is 7.00. The van der Waals surface area contributed by atoms with Crippen LogP contribution in [0.1, 0.15) is 6.92 Å². The predicted octanol–water partition coefficient (Wildman–Crippen LogP) is 0.585. The van der Waals surface area contributed by atoms with Gasteiger partial charge in [0.1, 0.15) is 0 Å². The van der Waals surface area contributed by atoms with Crippen molar-refractivity contribution in [2.24, 2.45) is 0 Å². The Morgan fingerprint density at radius 2 is 2.25 bits per heavy atom. The van der Waals surface area contributed by atoms with Gasteiger partial charge in [0.15, 0.2) is 0 Å². The van der Waals surface area contributed by atoms with Gasteiger partial charge in [0.25, 0.3) is 0 Å². The summed E-state index contributed by atoms with van der Waals surface area (Å²) >= 11 is 0. The number of β-amino-alcohol motifs (C(OH)–C–C–N with tert-alkyl or cyclic N) is 1. The second-order valence-corrected chi connectivity index (χ2v) is 4.77. The monoisotopic (exact) mass is 281 g/mol. The van der Waals surface area contributed by atoms with E-state index < -0.39 is 6.10 Å². The lowest BCUT2D eigenvalue weighted by Crippen LogP contribution is -2.42. The highest BCUT2D eigenvalue weighted by Gasteiger charge is 2.14. The fourth-order valence-corrected chi connectivity index (χ4v) is 2.10. The molecule has 112 valence electrons. The normalized spacial score (nSPS) is 17.7. The first-order chi connectivity index (χ1) is 9.78. The fourth-order valence-electron chi connectivity index (χ4n) is 2.10. The van der Waals surface area contributed by atoms with E-state index in [1.54, 1.807) is 6.20 Å². The van der Waals surface area contributed by atoms with E-state index in [2.05, 4.69) is 15.2 Å². The average molecular weight is 281 g/mol. The molecule has 2 rings (SSSR count). The highest BCUT2D eigenvalue weighted by atomic mass is 16.5. The molecule has 1 atom stereocenters. The summed E-state index contributed by atoms with van der Waals surface area (Å²) in [4.78, 5) is 6.38. The third kappa shape index (κ3) is 4.96. The van der Waals surface area contributed by atoms with Crippen molar-refractivity contribution in [3.05, 3.63) is 18.3 Å². The quantitative estimate of drug-likeness (QED) is 0.762. The highest BCUT2D eigenvalue weighted by Crippen LogP contribution is 2.11. The molecule has 0 saturated carbocycles. The molecule has 2 heterocycles. The van der Waals surface area contributed by atoms with Crippen molar-refractivity contribution in [3.63, 3.8) is 0 Å². The Labute approximate surface area is 119 Å². The number of ether oxygens (including phenoxy) is 2. The van der Waals surface area contributed by atoms with Gasteiger partial charge in [-0.05, 0) is 13.0 Å². The fraction of sp³-hybridized carbons (Fsp3) is 0.643. The molecule has 1 aliphatic heterocycles. The van der Waals surface area contributed by atoms with Gasteiger partial charge in [0.05, 0.1) is 37.8 Å². The van der Waals surface area contributed by atoms with Gasteiger partial charge < -0.3 is 19.9 Å². The SMILES string of the molecule is CCOc1ccc(NCC(O)CN2CCOCC2)cn1. The van der Waals surface area contributed by atoms with Gasteiger partial charge >= 0.3 is 0 Å². The largest absolute Gasteiger partial charge is 0.478 e. The van der Waals surface area contributed by atoms with Gasteiger partial charge in [-0.2, -0.15) is 0 Å². The maximum absolute atomic E-state index is 10.0. The van der Waals surface area contributed by atoms with Crippen LogP contribution < -0.4 is 10.1 Å². The van der Waals surface area contributed by atoms with E-state index in [4.69, 9.17) is 9.47 Å². The lowest BCUT2D eigenvalue weighted by atomic mass is 10.3. The molecule has 0 bridgehead atoms. The molecule has 20 heavy (non-hydrogen) atoms. The lowest BCUT2D eigenvalue weighted by Gasteiger charge is -2.28. The maximum atomic E-state index is 10.0. The third-order valence-corrected chi connectivity index (χ3v) is 3.14. The van der Waals surface area contributed by atoms with Gasteiger partial charge in [-0.15, -0.1) is 0 Å². The van der Waals surface area contributed by atoms with Gasteiger partial charge in [0.2, 0.25) is 5.88 Å². The zero-order valence-electron chi connectivity index (χ0n) is 11.9. The second-order valence-electron chi connectivity index (χ2n) is 4.77. The first-order valence-electron chi connectivity index (χ1n) is 7.09. The van der Waals surface area contributed by atoms with E-state index in [9.17, 15) is 5.11 Å². The Balaban J connectivity index is 1.70. The molecule has 2 N–H and O–H groups in total. The molecule has 0 spiro atoms. The van der Waals surface area contributed by atoms with Crippen LogP contribution in [-0.4, -0.2) is 67.1 Å². The molecular weight excluding hydrogens is 258 g/mol. The number of pyridine rings is 1. The van der Waals surface area contributed by atoms with Gasteiger partial charge in [0, 0.05) is 32.2 Å². The van der Waals surface area contributed by atoms with Crippen molar-refractivity contribution in [2.45, 2.75) is 13.0 Å². The number of aromatic nitrogens is 1. The molecule has 0 amide bonds. The molecule has 1 aliphatic rings. The second kappa shape index (κ2) is 8.04. The minimum absolute atomic E-state index is 0.403. The summed E-state index contributed by atoms with van der Waals surface area (Å²) in [7, 11) is 0. The van der Waals surface area contributed by atoms with Crippen LogP contribution in [0.15, 0.2) is 18.3 Å². The number of nitrogens with one attached hydrogen (secondary N) is 1. The van der Waals surface area contributed by atoms with Crippen LogP contribution in [0.2, 0.25) is 0 Å². The number of aliphatic hydroxyl groups excluding tert-OH is 1. The van der Waals surface area contributed by atoms with Gasteiger partial charge in [-0.25, -0.2) is 4.98 Å². The summed E-state index contributed by atoms with van der Waals surface area (Å²) in [6.07, 6.45) is 1.31. The van der Waals surface area contributed by atoms with Crippen LogP contribution in [0, 0.1) is 0 Å². The maximum Gasteiger partial charge on any atom is 0.213 e. The van der Waals surface area contributed by atoms with Crippen molar-refractivity contribution in [2.75, 3.05) is 51.3 Å². The van der Waals surface area contributed by atoms with E-state index >= 15 is 0 Å². The minimum Gasteiger partial charge on any atom is -0.478 e. The number of anilines is 1. The van der Waals surface area contributed by atoms with E-state index in [1.807, 2.05) is 19.1 Å². The first kappa shape index (κ1) is 15.0. The number of rotatable bonds is 7. The highest BCUT2D eigenvalue weighted by molar-refractivity contribution is 5.42. The molecule has 1 unspecified atom stereocenters. The molecule has 0 aliphatic carbocycles. The standard InChI is InChI=1S/C14H23N3O3/c1-2-20-14-4-3-12(9-16-14)15-10-13(18)11-17-5-7-19-8-6-17/h3-4,9,13,15,18H,2,5-8,10-11H2,1H3. The van der Waals surface area contributed by atoms with E-state index in [0.717, 1.165) is 32.0 Å². The Morgan fingerprint density at radius 1 is 1.45 bits per heavy atom. The molecule has 1 fully saturated rings. The first-order valence-corrected chi connectivity index (χ1v) is 7.09. The topological polar surface area (TPSA) is 66.8 Å².